The van der Waals surface area contributed by atoms with Crippen LogP contribution in [0, 0.1) is 0 Å². The Morgan fingerprint density at radius 1 is 1.42 bits per heavy atom. The first-order valence-electron chi connectivity index (χ1n) is 5.81. The zero-order valence-electron chi connectivity index (χ0n) is 11.3. The fourth-order valence-corrected chi connectivity index (χ4v) is 1.51. The van der Waals surface area contributed by atoms with E-state index >= 15 is 0 Å². The van der Waals surface area contributed by atoms with Crippen molar-refractivity contribution in [2.45, 2.75) is 25.8 Å². The number of amidine groups is 1. The van der Waals surface area contributed by atoms with Crippen molar-refractivity contribution in [2.75, 3.05) is 7.11 Å². The van der Waals surface area contributed by atoms with E-state index in [0.29, 0.717) is 0 Å². The van der Waals surface area contributed by atoms with E-state index in [2.05, 4.69) is 10.5 Å². The molecule has 1 aromatic carbocycles. The minimum Gasteiger partial charge on any atom is -0.497 e. The van der Waals surface area contributed by atoms with E-state index in [0.717, 1.165) is 11.3 Å². The van der Waals surface area contributed by atoms with E-state index in [1.807, 2.05) is 12.1 Å². The minimum absolute atomic E-state index is 0.0458. The van der Waals surface area contributed by atoms with Crippen LogP contribution in [0.4, 0.5) is 0 Å². The van der Waals surface area contributed by atoms with E-state index in [-0.39, 0.29) is 18.2 Å². The van der Waals surface area contributed by atoms with Gasteiger partial charge in [0.05, 0.1) is 19.1 Å². The molecule has 19 heavy (non-hydrogen) atoms. The van der Waals surface area contributed by atoms with Gasteiger partial charge in [-0.25, -0.2) is 0 Å². The summed E-state index contributed by atoms with van der Waals surface area (Å²) in [4.78, 5) is 11.9. The summed E-state index contributed by atoms with van der Waals surface area (Å²) >= 11 is 0. The third kappa shape index (κ3) is 4.17. The molecule has 0 radical (unpaired) electrons. The standard InChI is InChI=1S/C13H19N3O3/c1-13(2,12(14)16-18)15-11(17)8-9-4-6-10(19-3)7-5-9/h4-7,18H,8H2,1-3H3,(H2,14,16)(H,15,17). The van der Waals surface area contributed by atoms with E-state index in [9.17, 15) is 4.79 Å². The van der Waals surface area contributed by atoms with Gasteiger partial charge in [0.15, 0.2) is 5.84 Å². The van der Waals surface area contributed by atoms with Crippen LogP contribution in [0.1, 0.15) is 19.4 Å². The first-order chi connectivity index (χ1) is 8.89. The lowest BCUT2D eigenvalue weighted by Crippen LogP contribution is -2.53. The summed E-state index contributed by atoms with van der Waals surface area (Å²) in [5.41, 5.74) is 5.46. The number of methoxy groups -OCH3 is 1. The summed E-state index contributed by atoms with van der Waals surface area (Å²) in [7, 11) is 1.58. The molecule has 6 heteroatoms. The number of benzene rings is 1. The molecule has 0 atom stereocenters. The molecule has 0 fully saturated rings. The van der Waals surface area contributed by atoms with Crippen LogP contribution in [-0.2, 0) is 11.2 Å². The number of ether oxygens (including phenoxy) is 1. The normalized spacial score (nSPS) is 12.1. The van der Waals surface area contributed by atoms with Gasteiger partial charge in [0.25, 0.3) is 0 Å². The molecular formula is C13H19N3O3. The van der Waals surface area contributed by atoms with Crippen molar-refractivity contribution in [1.82, 2.24) is 5.32 Å². The van der Waals surface area contributed by atoms with Crippen molar-refractivity contribution in [1.29, 1.82) is 0 Å². The zero-order chi connectivity index (χ0) is 14.5. The van der Waals surface area contributed by atoms with Crippen LogP contribution < -0.4 is 15.8 Å². The Morgan fingerprint density at radius 2 is 2.00 bits per heavy atom. The van der Waals surface area contributed by atoms with E-state index in [1.165, 1.54) is 0 Å². The van der Waals surface area contributed by atoms with Crippen LogP contribution >= 0.6 is 0 Å². The van der Waals surface area contributed by atoms with Crippen molar-refractivity contribution >= 4 is 11.7 Å². The number of amides is 1. The molecule has 0 bridgehead atoms. The lowest BCUT2D eigenvalue weighted by molar-refractivity contribution is -0.121. The largest absolute Gasteiger partial charge is 0.497 e. The molecule has 0 aliphatic carbocycles. The number of nitrogens with one attached hydrogen (secondary N) is 1. The molecule has 0 aliphatic heterocycles. The van der Waals surface area contributed by atoms with Crippen molar-refractivity contribution in [3.05, 3.63) is 29.8 Å². The van der Waals surface area contributed by atoms with Crippen molar-refractivity contribution in [3.8, 4) is 5.75 Å². The molecule has 0 spiro atoms. The highest BCUT2D eigenvalue weighted by Crippen LogP contribution is 2.12. The van der Waals surface area contributed by atoms with Crippen LogP contribution in [0.15, 0.2) is 29.4 Å². The highest BCUT2D eigenvalue weighted by molar-refractivity contribution is 5.93. The number of nitrogens with two attached hydrogens (primary N) is 1. The zero-order valence-corrected chi connectivity index (χ0v) is 11.3. The number of carbonyl (C=O) groups is 1. The maximum Gasteiger partial charge on any atom is 0.225 e. The summed E-state index contributed by atoms with van der Waals surface area (Å²) in [6.07, 6.45) is 0.214. The van der Waals surface area contributed by atoms with Gasteiger partial charge >= 0.3 is 0 Å². The Kier molecular flexibility index (Phi) is 4.74. The number of hydrogen-bond donors (Lipinski definition) is 3. The molecule has 6 nitrogen and oxygen atoms in total. The first-order valence-corrected chi connectivity index (χ1v) is 5.81. The Hall–Kier alpha value is -2.24. The monoisotopic (exact) mass is 265 g/mol. The molecule has 1 aromatic rings. The number of hydrogen-bond acceptors (Lipinski definition) is 4. The van der Waals surface area contributed by atoms with E-state index in [4.69, 9.17) is 15.7 Å². The van der Waals surface area contributed by atoms with Crippen LogP contribution in [0.3, 0.4) is 0 Å². The average molecular weight is 265 g/mol. The Balaban J connectivity index is 2.64. The van der Waals surface area contributed by atoms with E-state index < -0.39 is 5.54 Å². The molecule has 0 unspecified atom stereocenters. The predicted molar refractivity (Wildman–Crippen MR) is 72.3 cm³/mol. The highest BCUT2D eigenvalue weighted by Gasteiger charge is 2.25. The predicted octanol–water partition coefficient (Wildman–Crippen LogP) is 0.879. The summed E-state index contributed by atoms with van der Waals surface area (Å²) in [5, 5.41) is 14.2. The van der Waals surface area contributed by atoms with E-state index in [1.54, 1.807) is 33.1 Å². The van der Waals surface area contributed by atoms with Gasteiger partial charge in [-0.3, -0.25) is 4.79 Å². The van der Waals surface area contributed by atoms with Gasteiger partial charge in [0.2, 0.25) is 5.91 Å². The van der Waals surface area contributed by atoms with Crippen molar-refractivity contribution in [2.24, 2.45) is 10.9 Å². The van der Waals surface area contributed by atoms with Crippen LogP contribution in [-0.4, -0.2) is 29.6 Å². The number of nitrogens with zero attached hydrogens (tertiary/aromatic N) is 1. The van der Waals surface area contributed by atoms with Crippen LogP contribution in [0.5, 0.6) is 5.75 Å². The lowest BCUT2D eigenvalue weighted by atomic mass is 10.0. The molecule has 0 aliphatic rings. The van der Waals surface area contributed by atoms with Gasteiger partial charge < -0.3 is 21.0 Å². The van der Waals surface area contributed by atoms with Gasteiger partial charge in [-0.2, -0.15) is 0 Å². The fourth-order valence-electron chi connectivity index (χ4n) is 1.51. The third-order valence-electron chi connectivity index (χ3n) is 2.72. The molecule has 1 amide bonds. The highest BCUT2D eigenvalue weighted by atomic mass is 16.5. The van der Waals surface area contributed by atoms with Gasteiger partial charge in [-0.15, -0.1) is 0 Å². The molecular weight excluding hydrogens is 246 g/mol. The number of carbonyl (C=O) groups excluding carboxylic acids is 1. The molecule has 4 N–H and O–H groups in total. The second-order valence-corrected chi connectivity index (χ2v) is 4.68. The third-order valence-corrected chi connectivity index (χ3v) is 2.72. The topological polar surface area (TPSA) is 96.9 Å². The first kappa shape index (κ1) is 14.8. The van der Waals surface area contributed by atoms with Gasteiger partial charge in [0.1, 0.15) is 5.75 Å². The molecule has 0 saturated heterocycles. The van der Waals surface area contributed by atoms with Gasteiger partial charge in [-0.1, -0.05) is 17.3 Å². The maximum atomic E-state index is 11.9. The summed E-state index contributed by atoms with van der Waals surface area (Å²) in [6.45, 7) is 3.32. The molecule has 104 valence electrons. The lowest BCUT2D eigenvalue weighted by Gasteiger charge is -2.24. The van der Waals surface area contributed by atoms with Crippen LogP contribution in [0.25, 0.3) is 0 Å². The second-order valence-electron chi connectivity index (χ2n) is 4.68. The number of rotatable bonds is 5. The summed E-state index contributed by atoms with van der Waals surface area (Å²) in [6, 6.07) is 7.21. The summed E-state index contributed by atoms with van der Waals surface area (Å²) in [5.74, 6) is 0.485. The second kappa shape index (κ2) is 6.08. The Bertz CT molecular complexity index is 467. The number of oxime groups is 1. The SMILES string of the molecule is COc1ccc(CC(=O)NC(C)(C)/C(N)=N/O)cc1. The van der Waals surface area contributed by atoms with Crippen molar-refractivity contribution < 1.29 is 14.7 Å². The molecule has 1 rings (SSSR count). The molecule has 0 aromatic heterocycles. The smallest absolute Gasteiger partial charge is 0.225 e. The Labute approximate surface area is 112 Å². The van der Waals surface area contributed by atoms with Crippen LogP contribution in [0.2, 0.25) is 0 Å². The maximum absolute atomic E-state index is 11.9. The molecule has 0 heterocycles. The Morgan fingerprint density at radius 3 is 2.47 bits per heavy atom. The fraction of sp³-hybridized carbons (Fsp3) is 0.385. The average Bonchev–Trinajstić information content (AvgIpc) is 2.37. The summed E-state index contributed by atoms with van der Waals surface area (Å²) < 4.78 is 5.04. The van der Waals surface area contributed by atoms with Gasteiger partial charge in [-0.05, 0) is 31.5 Å². The van der Waals surface area contributed by atoms with Crippen molar-refractivity contribution in [3.63, 3.8) is 0 Å². The minimum atomic E-state index is -0.891. The molecule has 0 saturated carbocycles. The van der Waals surface area contributed by atoms with Gasteiger partial charge in [0, 0.05) is 0 Å². The quantitative estimate of drug-likeness (QED) is 0.318.